The Hall–Kier alpha value is -3.33. The fourth-order valence-corrected chi connectivity index (χ4v) is 2.92. The van der Waals surface area contributed by atoms with Gasteiger partial charge >= 0.3 is 0 Å². The Morgan fingerprint density at radius 3 is 2.86 bits per heavy atom. The van der Waals surface area contributed by atoms with E-state index in [1.165, 1.54) is 6.21 Å². The summed E-state index contributed by atoms with van der Waals surface area (Å²) in [5, 5.41) is 18.6. The van der Waals surface area contributed by atoms with Crippen molar-refractivity contribution in [2.75, 3.05) is 11.6 Å². The molecule has 3 rings (SSSR count). The summed E-state index contributed by atoms with van der Waals surface area (Å²) >= 11 is 1.58. The molecule has 1 atom stereocenters. The van der Waals surface area contributed by atoms with Crippen LogP contribution in [0.15, 0.2) is 63.5 Å². The molecular weight excluding hydrogens is 378 g/mol. The third-order valence-electron chi connectivity index (χ3n) is 3.84. The zero-order valence-electron chi connectivity index (χ0n) is 15.0. The lowest BCUT2D eigenvalue weighted by Crippen LogP contribution is -2.35. The number of aromatic hydroxyl groups is 1. The second-order valence-electron chi connectivity index (χ2n) is 5.93. The van der Waals surface area contributed by atoms with Gasteiger partial charge in [0.2, 0.25) is 11.9 Å². The maximum Gasteiger partial charge on any atom is 0.252 e. The average Bonchev–Trinajstić information content (AvgIpc) is 3.02. The molecule has 0 saturated heterocycles. The van der Waals surface area contributed by atoms with E-state index in [0.717, 1.165) is 10.5 Å². The van der Waals surface area contributed by atoms with Crippen molar-refractivity contribution in [1.29, 1.82) is 0 Å². The molecule has 0 bridgehead atoms. The molecule has 8 nitrogen and oxygen atoms in total. The number of carbonyl (C=O) groups is 2. The van der Waals surface area contributed by atoms with E-state index in [4.69, 9.17) is 0 Å². The Kier molecular flexibility index (Phi) is 6.28. The highest BCUT2D eigenvalue weighted by atomic mass is 32.2. The van der Waals surface area contributed by atoms with Crippen LogP contribution < -0.4 is 16.1 Å². The number of phenols is 1. The van der Waals surface area contributed by atoms with E-state index in [9.17, 15) is 14.7 Å². The molecule has 2 aromatic rings. The number of anilines is 1. The summed E-state index contributed by atoms with van der Waals surface area (Å²) in [7, 11) is 0. The van der Waals surface area contributed by atoms with Crippen LogP contribution in [-0.2, 0) is 9.59 Å². The van der Waals surface area contributed by atoms with E-state index in [-0.39, 0.29) is 29.9 Å². The Balaban J connectivity index is 1.54. The van der Waals surface area contributed by atoms with Crippen LogP contribution in [0.5, 0.6) is 5.75 Å². The first-order valence-electron chi connectivity index (χ1n) is 8.44. The van der Waals surface area contributed by atoms with Gasteiger partial charge in [-0.15, -0.1) is 11.8 Å². The molecular formula is C19H19N5O3S. The van der Waals surface area contributed by atoms with Crippen molar-refractivity contribution in [2.24, 2.45) is 10.1 Å². The van der Waals surface area contributed by atoms with Gasteiger partial charge in [-0.1, -0.05) is 6.07 Å². The summed E-state index contributed by atoms with van der Waals surface area (Å²) in [4.78, 5) is 29.4. The maximum atomic E-state index is 12.2. The first kappa shape index (κ1) is 19.4. The molecule has 4 N–H and O–H groups in total. The highest BCUT2D eigenvalue weighted by Gasteiger charge is 2.28. The van der Waals surface area contributed by atoms with Crippen LogP contribution in [0, 0.1) is 0 Å². The molecule has 2 amide bonds. The molecule has 0 radical (unpaired) electrons. The Morgan fingerprint density at radius 2 is 2.11 bits per heavy atom. The van der Waals surface area contributed by atoms with Gasteiger partial charge in [-0.25, -0.2) is 10.4 Å². The van der Waals surface area contributed by atoms with Gasteiger partial charge in [0.1, 0.15) is 11.8 Å². The highest BCUT2D eigenvalue weighted by molar-refractivity contribution is 7.98. The third kappa shape index (κ3) is 5.34. The minimum atomic E-state index is -0.810. The fraction of sp³-hybridized carbons (Fsp3) is 0.158. The normalized spacial score (nSPS) is 16.0. The number of guanidine groups is 1. The minimum Gasteiger partial charge on any atom is -0.508 e. The minimum absolute atomic E-state index is 0.0673. The monoisotopic (exact) mass is 397 g/mol. The Morgan fingerprint density at radius 1 is 1.32 bits per heavy atom. The third-order valence-corrected chi connectivity index (χ3v) is 4.56. The lowest BCUT2D eigenvalue weighted by Gasteiger charge is -2.07. The van der Waals surface area contributed by atoms with E-state index in [1.807, 2.05) is 24.5 Å². The number of hydrazone groups is 1. The van der Waals surface area contributed by atoms with Crippen LogP contribution in [0.3, 0.4) is 0 Å². The second-order valence-corrected chi connectivity index (χ2v) is 6.81. The molecule has 144 valence electrons. The largest absolute Gasteiger partial charge is 0.508 e. The Bertz CT molecular complexity index is 927. The number of hydrogen-bond donors (Lipinski definition) is 4. The van der Waals surface area contributed by atoms with Crippen molar-refractivity contribution >= 4 is 41.4 Å². The van der Waals surface area contributed by atoms with Crippen LogP contribution in [-0.4, -0.2) is 41.4 Å². The number of benzene rings is 2. The molecule has 9 heteroatoms. The predicted octanol–water partition coefficient (Wildman–Crippen LogP) is 1.92. The Labute approximate surface area is 166 Å². The molecule has 0 fully saturated rings. The quantitative estimate of drug-likeness (QED) is 0.338. The number of carbonyl (C=O) groups excluding carboxylic acids is 2. The lowest BCUT2D eigenvalue weighted by atomic mass is 10.2. The number of phenolic OH excluding ortho intramolecular Hbond substituents is 1. The summed E-state index contributed by atoms with van der Waals surface area (Å²) < 4.78 is 0. The summed E-state index contributed by atoms with van der Waals surface area (Å²) in [6, 6.07) is 13.1. The number of hydrogen-bond acceptors (Lipinski definition) is 7. The zero-order chi connectivity index (χ0) is 19.9. The standard InChI is InChI=1S/C19H19N5O3S/c1-28-15-4-2-3-13(9-15)21-17(26)10-16-18(27)23-19(22-16)24-20-11-12-5-7-14(25)8-6-12/h2-9,11,16,25H,10H2,1H3,(H,21,26)(H2,22,23,24,27)/b20-11+. The van der Waals surface area contributed by atoms with Crippen LogP contribution in [0.4, 0.5) is 5.69 Å². The molecule has 2 aromatic carbocycles. The molecule has 28 heavy (non-hydrogen) atoms. The number of nitrogens with one attached hydrogen (secondary N) is 3. The summed E-state index contributed by atoms with van der Waals surface area (Å²) in [5.74, 6) is -0.313. The van der Waals surface area contributed by atoms with Gasteiger partial charge in [0.25, 0.3) is 5.91 Å². The van der Waals surface area contributed by atoms with E-state index in [0.29, 0.717) is 5.69 Å². The number of thioether (sulfide) groups is 1. The van der Waals surface area contributed by atoms with Gasteiger partial charge < -0.3 is 10.4 Å². The van der Waals surface area contributed by atoms with Gasteiger partial charge in [0.15, 0.2) is 0 Å². The maximum absolute atomic E-state index is 12.2. The number of aliphatic imine (C=N–C) groups is 1. The van der Waals surface area contributed by atoms with Crippen LogP contribution >= 0.6 is 11.8 Å². The molecule has 1 heterocycles. The van der Waals surface area contributed by atoms with Crippen molar-refractivity contribution in [3.05, 3.63) is 54.1 Å². The summed E-state index contributed by atoms with van der Waals surface area (Å²) in [6.45, 7) is 0. The zero-order valence-corrected chi connectivity index (χ0v) is 15.9. The first-order chi connectivity index (χ1) is 13.5. The van der Waals surface area contributed by atoms with E-state index in [1.54, 1.807) is 42.1 Å². The number of amides is 2. The van der Waals surface area contributed by atoms with Crippen molar-refractivity contribution in [3.63, 3.8) is 0 Å². The van der Waals surface area contributed by atoms with Crippen LogP contribution in [0.2, 0.25) is 0 Å². The van der Waals surface area contributed by atoms with E-state index >= 15 is 0 Å². The van der Waals surface area contributed by atoms with Gasteiger partial charge in [0.05, 0.1) is 12.6 Å². The molecule has 0 saturated carbocycles. The first-order valence-corrected chi connectivity index (χ1v) is 9.66. The molecule has 0 spiro atoms. The van der Waals surface area contributed by atoms with Gasteiger partial charge in [-0.2, -0.15) is 5.10 Å². The lowest BCUT2D eigenvalue weighted by molar-refractivity contribution is -0.123. The SMILES string of the molecule is CSc1cccc(NC(=O)CC2N=C(N/N=C/c3ccc(O)cc3)NC2=O)c1. The smallest absolute Gasteiger partial charge is 0.252 e. The molecule has 1 aliphatic heterocycles. The van der Waals surface area contributed by atoms with Gasteiger partial charge in [0, 0.05) is 10.6 Å². The van der Waals surface area contributed by atoms with Gasteiger partial charge in [-0.3, -0.25) is 14.9 Å². The predicted molar refractivity (Wildman–Crippen MR) is 110 cm³/mol. The molecule has 1 unspecified atom stereocenters. The van der Waals surface area contributed by atoms with Gasteiger partial charge in [-0.05, 0) is 54.3 Å². The summed E-state index contributed by atoms with van der Waals surface area (Å²) in [6.07, 6.45) is 3.41. The highest BCUT2D eigenvalue weighted by Crippen LogP contribution is 2.19. The van der Waals surface area contributed by atoms with Crippen molar-refractivity contribution < 1.29 is 14.7 Å². The van der Waals surface area contributed by atoms with Crippen LogP contribution in [0.1, 0.15) is 12.0 Å². The molecule has 0 aromatic heterocycles. The molecule has 1 aliphatic rings. The van der Waals surface area contributed by atoms with Crippen molar-refractivity contribution in [1.82, 2.24) is 10.7 Å². The number of nitrogens with zero attached hydrogens (tertiary/aromatic N) is 2. The van der Waals surface area contributed by atoms with E-state index < -0.39 is 6.04 Å². The van der Waals surface area contributed by atoms with Crippen molar-refractivity contribution in [3.8, 4) is 5.75 Å². The fourth-order valence-electron chi connectivity index (χ4n) is 2.46. The second kappa shape index (κ2) is 9.05. The number of rotatable bonds is 6. The average molecular weight is 397 g/mol. The summed E-state index contributed by atoms with van der Waals surface area (Å²) in [5.41, 5.74) is 4.07. The molecule has 0 aliphatic carbocycles. The topological polar surface area (TPSA) is 115 Å². The van der Waals surface area contributed by atoms with Crippen LogP contribution in [0.25, 0.3) is 0 Å². The van der Waals surface area contributed by atoms with E-state index in [2.05, 4.69) is 26.2 Å². The van der Waals surface area contributed by atoms with Crippen molar-refractivity contribution in [2.45, 2.75) is 17.4 Å².